The van der Waals surface area contributed by atoms with Gasteiger partial charge in [-0.1, -0.05) is 327 Å². The molecule has 1 heterocycles. The summed E-state index contributed by atoms with van der Waals surface area (Å²) >= 11 is 14.1. The summed E-state index contributed by atoms with van der Waals surface area (Å²) in [6.07, 6.45) is 2.70. The zero-order valence-corrected chi connectivity index (χ0v) is 79.1. The SMILES string of the molecule is O=C([O-])CCCc1ccccc1-c1cccc(-c2ccccc2OCc2ccccc2)c1.O=C([O-])CCc1ccccc1-c1cc(-c2ccccc2OCc2ccccc2)cs1.O=C([O-])CCc1ccccc1-c1cccc(-c2cccc(Cl)c2Cl)c1.O=C([O-])CCc1ccccc1-c1cccc(-c2ccccc2COc2ccccc2)c1.[Na+].[Na+].[Na+].[Na+]. The molecule has 0 N–H and O–H groups in total. The number of hydrogen-bond donors (Lipinski definition) is 0. The molecule has 1 aromatic heterocycles. The second kappa shape index (κ2) is 51.7. The topological polar surface area (TPSA) is 188 Å². The van der Waals surface area contributed by atoms with Crippen molar-refractivity contribution in [3.8, 4) is 106 Å². The molecule has 0 aliphatic rings. The van der Waals surface area contributed by atoms with E-state index in [1.807, 2.05) is 243 Å². The Balaban J connectivity index is 0.000000201. The second-order valence-electron chi connectivity index (χ2n) is 27.8. The first-order valence-corrected chi connectivity index (χ1v) is 40.6. The summed E-state index contributed by atoms with van der Waals surface area (Å²) in [6.45, 7) is 1.51. The van der Waals surface area contributed by atoms with Crippen LogP contribution in [0.25, 0.3) is 88.3 Å². The number of benzene rings is 14. The fourth-order valence-electron chi connectivity index (χ4n) is 13.8. The molecule has 0 bridgehead atoms. The molecular weight excluding hydrogens is 1620 g/mol. The van der Waals surface area contributed by atoms with Gasteiger partial charge in [-0.15, -0.1) is 11.3 Å². The minimum atomic E-state index is -1.05. The summed E-state index contributed by atoms with van der Waals surface area (Å²) in [7, 11) is 0. The number of carboxylic acid groups (broad SMARTS) is 4. The first-order chi connectivity index (χ1) is 57.7. The summed E-state index contributed by atoms with van der Waals surface area (Å²) in [5.74, 6) is -1.58. The van der Waals surface area contributed by atoms with Crippen LogP contribution in [0.5, 0.6) is 17.2 Å². The van der Waals surface area contributed by atoms with Gasteiger partial charge in [-0.05, 0) is 223 Å². The second-order valence-corrected chi connectivity index (χ2v) is 29.5. The van der Waals surface area contributed by atoms with Crippen LogP contribution in [-0.4, -0.2) is 23.9 Å². The molecule has 18 heteroatoms. The molecule has 0 saturated heterocycles. The zero-order chi connectivity index (χ0) is 82.2. The third-order valence-corrected chi connectivity index (χ3v) is 21.5. The van der Waals surface area contributed by atoms with E-state index in [1.165, 1.54) is 0 Å². The number of carbonyl (C=O) groups is 4. The van der Waals surface area contributed by atoms with E-state index in [-0.39, 0.29) is 144 Å². The number of aliphatic carboxylic acids is 4. The predicted octanol–water partition coefficient (Wildman–Crippen LogP) is 9.32. The smallest absolute Gasteiger partial charge is 0.550 e. The van der Waals surface area contributed by atoms with E-state index < -0.39 is 23.9 Å². The van der Waals surface area contributed by atoms with E-state index in [1.54, 1.807) is 17.4 Å². The number of thiophene rings is 1. The van der Waals surface area contributed by atoms with E-state index in [0.29, 0.717) is 62.0 Å². The first kappa shape index (κ1) is 98.1. The van der Waals surface area contributed by atoms with Gasteiger partial charge in [0.25, 0.3) is 0 Å². The summed E-state index contributed by atoms with van der Waals surface area (Å²) in [6, 6.07) is 119. The number of rotatable bonds is 30. The molecule has 0 saturated carbocycles. The maximum Gasteiger partial charge on any atom is 1.00 e. The minimum absolute atomic E-state index is 0. The van der Waals surface area contributed by atoms with Gasteiger partial charge in [-0.2, -0.15) is 0 Å². The first-order valence-electron chi connectivity index (χ1n) is 38.9. The molecule has 0 spiro atoms. The molecule has 0 radical (unpaired) electrons. The molecule has 14 aromatic carbocycles. The number of carboxylic acids is 4. The summed E-state index contributed by atoms with van der Waals surface area (Å²) in [5, 5.41) is 46.6. The van der Waals surface area contributed by atoms with Crippen molar-refractivity contribution in [1.82, 2.24) is 0 Å². The van der Waals surface area contributed by atoms with Gasteiger partial charge in [-0.3, -0.25) is 0 Å². The van der Waals surface area contributed by atoms with Crippen LogP contribution in [0.15, 0.2) is 363 Å². The Labute approximate surface area is 816 Å². The molecule has 0 aliphatic heterocycles. The van der Waals surface area contributed by atoms with Crippen molar-refractivity contribution in [3.05, 3.63) is 412 Å². The van der Waals surface area contributed by atoms with Crippen molar-refractivity contribution in [3.63, 3.8) is 0 Å². The minimum Gasteiger partial charge on any atom is -0.550 e. The third-order valence-electron chi connectivity index (χ3n) is 19.7. The number of ether oxygens (including phenoxy) is 3. The van der Waals surface area contributed by atoms with Crippen molar-refractivity contribution in [2.24, 2.45) is 0 Å². The number of hydrogen-bond acceptors (Lipinski definition) is 12. The van der Waals surface area contributed by atoms with E-state index in [9.17, 15) is 39.6 Å². The van der Waals surface area contributed by atoms with Crippen molar-refractivity contribution < 1.29 is 172 Å². The Morgan fingerprint density at radius 3 is 1.01 bits per heavy atom. The van der Waals surface area contributed by atoms with Crippen molar-refractivity contribution in [2.45, 2.75) is 77.6 Å². The molecule has 0 amide bonds. The van der Waals surface area contributed by atoms with E-state index >= 15 is 0 Å². The van der Waals surface area contributed by atoms with E-state index in [2.05, 4.69) is 115 Å². The molecular formula is C104H84Cl2Na4O11S. The van der Waals surface area contributed by atoms with Gasteiger partial charge in [0, 0.05) is 45.4 Å². The monoisotopic (exact) mass is 1700 g/mol. The van der Waals surface area contributed by atoms with Crippen LogP contribution in [0.2, 0.25) is 10.0 Å². The average Bonchev–Trinajstić information content (AvgIpc) is 1.19. The Kier molecular flexibility index (Phi) is 41.5. The maximum atomic E-state index is 10.9. The summed E-state index contributed by atoms with van der Waals surface area (Å²) in [5.41, 5.74) is 23.2. The van der Waals surface area contributed by atoms with Crippen LogP contribution in [0, 0.1) is 0 Å². The van der Waals surface area contributed by atoms with E-state index in [4.69, 9.17) is 37.4 Å². The molecule has 15 aromatic rings. The number of carbonyl (C=O) groups excluding carboxylic acids is 4. The van der Waals surface area contributed by atoms with Gasteiger partial charge in [0.05, 0.1) is 10.0 Å². The molecule has 0 fully saturated rings. The van der Waals surface area contributed by atoms with E-state index in [0.717, 1.165) is 145 Å². The summed E-state index contributed by atoms with van der Waals surface area (Å²) in [4.78, 5) is 44.5. The Bertz CT molecular complexity index is 5850. The molecule has 0 aliphatic carbocycles. The van der Waals surface area contributed by atoms with Gasteiger partial charge in [0.1, 0.15) is 37.1 Å². The molecule has 11 nitrogen and oxygen atoms in total. The quantitative estimate of drug-likeness (QED) is 0.0390. The molecule has 0 unspecified atom stereocenters. The molecule has 0 atom stereocenters. The molecule has 15 rings (SSSR count). The normalized spacial score (nSPS) is 10.3. The summed E-state index contributed by atoms with van der Waals surface area (Å²) < 4.78 is 18.3. The van der Waals surface area contributed by atoms with Crippen LogP contribution in [0.4, 0.5) is 0 Å². The van der Waals surface area contributed by atoms with Gasteiger partial charge >= 0.3 is 118 Å². The predicted molar refractivity (Wildman–Crippen MR) is 467 cm³/mol. The Hall–Kier alpha value is -9.36. The largest absolute Gasteiger partial charge is 1.00 e. The molecule has 122 heavy (non-hydrogen) atoms. The Morgan fingerprint density at radius 2 is 0.582 bits per heavy atom. The average molecular weight is 1700 g/mol. The van der Waals surface area contributed by atoms with Crippen molar-refractivity contribution >= 4 is 58.4 Å². The van der Waals surface area contributed by atoms with Crippen molar-refractivity contribution in [1.29, 1.82) is 0 Å². The van der Waals surface area contributed by atoms with Gasteiger partial charge in [0.15, 0.2) is 0 Å². The molecule has 590 valence electrons. The maximum absolute atomic E-state index is 10.9. The Morgan fingerprint density at radius 1 is 0.270 bits per heavy atom. The van der Waals surface area contributed by atoms with Crippen molar-refractivity contribution in [2.75, 3.05) is 0 Å². The fraction of sp³-hybridized carbons (Fsp3) is 0.115. The number of para-hydroxylation sites is 3. The van der Waals surface area contributed by atoms with Gasteiger partial charge in [0.2, 0.25) is 0 Å². The van der Waals surface area contributed by atoms with Gasteiger partial charge < -0.3 is 53.8 Å². The van der Waals surface area contributed by atoms with Gasteiger partial charge in [-0.25, -0.2) is 0 Å². The van der Waals surface area contributed by atoms with Crippen LogP contribution in [0.1, 0.15) is 71.0 Å². The fourth-order valence-corrected chi connectivity index (χ4v) is 15.2. The van der Waals surface area contributed by atoms with Crippen LogP contribution >= 0.6 is 34.5 Å². The number of aryl methyl sites for hydroxylation is 4. The standard InChI is InChI=1S/C29H26O3.C28H24O3.C26H22O3S.C21H16Cl2O2.4Na/c30-29(31)19-9-13-23-12-4-5-16-26(23)24-14-8-15-25(20-24)27-17-6-7-18-28(27)32-21-22-10-2-1-3-11-22;29-28(30)18-17-21-9-4-6-15-26(21)22-11-8-12-23(19-22)27-16-7-5-10-24(27)20-31-25-13-2-1-3-14-25;27-26(28)15-14-20-10-4-5-12-23(20)25-16-21(18-30-25)22-11-6-7-13-24(22)29-17-19-8-2-1-3-9-19;22-19-10-4-9-18(21(19)23)16-7-3-6-15(13-16)17-8-2-1-5-14(17)11-12-20(24)25;;;;/h1-8,10-12,14-18,20H,9,13,19,21H2,(H,30,31);1-16,19H,17-18,20H2,(H,29,30);1-13,16,18H,14-15,17H2,(H,27,28);1-10,13H,11-12H2,(H,24,25);;;;/q;;;;4*+1/p-4. The van der Waals surface area contributed by atoms with Crippen LogP contribution in [-0.2, 0) is 64.7 Å². The zero-order valence-electron chi connectivity index (χ0n) is 68.8. The van der Waals surface area contributed by atoms with Crippen LogP contribution < -0.4 is 153 Å². The third kappa shape index (κ3) is 29.4. The van der Waals surface area contributed by atoms with Crippen LogP contribution in [0.3, 0.4) is 0 Å². The number of halogens is 2.